The Morgan fingerprint density at radius 3 is 2.69 bits per heavy atom. The maximum Gasteiger partial charge on any atom is 0.123 e. The van der Waals surface area contributed by atoms with Gasteiger partial charge in [-0.05, 0) is 44.8 Å². The highest BCUT2D eigenvalue weighted by molar-refractivity contribution is 7.99. The summed E-state index contributed by atoms with van der Waals surface area (Å²) in [5, 5.41) is 0. The summed E-state index contributed by atoms with van der Waals surface area (Å²) in [6.07, 6.45) is 0. The van der Waals surface area contributed by atoms with Crippen molar-refractivity contribution in [3.8, 4) is 0 Å². The normalized spacial score (nSPS) is 13.1. The lowest BCUT2D eigenvalue weighted by Crippen LogP contribution is -2.15. The monoisotopic (exact) mass is 242 g/mol. The van der Waals surface area contributed by atoms with Crippen molar-refractivity contribution in [1.29, 1.82) is 0 Å². The molecule has 0 unspecified atom stereocenters. The summed E-state index contributed by atoms with van der Waals surface area (Å²) in [5.41, 5.74) is 6.72. The third-order valence-electron chi connectivity index (χ3n) is 2.26. The molecule has 0 saturated heterocycles. The van der Waals surface area contributed by atoms with Crippen LogP contribution >= 0.6 is 11.8 Å². The number of rotatable bonds is 5. The lowest BCUT2D eigenvalue weighted by molar-refractivity contribution is 0.437. The molecule has 4 heteroatoms. The fourth-order valence-corrected chi connectivity index (χ4v) is 2.60. The topological polar surface area (TPSA) is 29.3 Å². The first-order valence-electron chi connectivity index (χ1n) is 5.33. The molecule has 1 atom stereocenters. The van der Waals surface area contributed by atoms with E-state index in [1.165, 1.54) is 12.1 Å². The Morgan fingerprint density at radius 1 is 1.44 bits per heavy atom. The molecule has 0 aliphatic rings. The number of hydrogen-bond acceptors (Lipinski definition) is 3. The van der Waals surface area contributed by atoms with Crippen molar-refractivity contribution in [3.05, 3.63) is 29.6 Å². The lowest BCUT2D eigenvalue weighted by Gasteiger charge is -2.14. The van der Waals surface area contributed by atoms with E-state index in [0.29, 0.717) is 0 Å². The van der Waals surface area contributed by atoms with E-state index >= 15 is 0 Å². The van der Waals surface area contributed by atoms with E-state index in [1.807, 2.05) is 27.1 Å². The van der Waals surface area contributed by atoms with Crippen LogP contribution in [0.25, 0.3) is 0 Å². The van der Waals surface area contributed by atoms with Crippen LogP contribution in [0.2, 0.25) is 0 Å². The number of nitrogens with zero attached hydrogens (tertiary/aromatic N) is 1. The van der Waals surface area contributed by atoms with Crippen LogP contribution in [0.5, 0.6) is 0 Å². The Hall–Kier alpha value is -0.580. The van der Waals surface area contributed by atoms with Crippen LogP contribution in [0.4, 0.5) is 4.39 Å². The van der Waals surface area contributed by atoms with Gasteiger partial charge >= 0.3 is 0 Å². The second kappa shape index (κ2) is 6.23. The van der Waals surface area contributed by atoms with E-state index in [2.05, 4.69) is 4.90 Å². The third-order valence-corrected chi connectivity index (χ3v) is 3.33. The summed E-state index contributed by atoms with van der Waals surface area (Å²) < 4.78 is 13.1. The predicted molar refractivity (Wildman–Crippen MR) is 68.3 cm³/mol. The van der Waals surface area contributed by atoms with Gasteiger partial charge in [-0.15, -0.1) is 11.8 Å². The number of thioether (sulfide) groups is 1. The van der Waals surface area contributed by atoms with Gasteiger partial charge in [0, 0.05) is 23.2 Å². The molecule has 16 heavy (non-hydrogen) atoms. The van der Waals surface area contributed by atoms with Crippen molar-refractivity contribution >= 4 is 11.8 Å². The minimum Gasteiger partial charge on any atom is -0.324 e. The third kappa shape index (κ3) is 4.12. The molecule has 0 amide bonds. The summed E-state index contributed by atoms with van der Waals surface area (Å²) in [6, 6.07) is 4.71. The Kier molecular flexibility index (Phi) is 5.25. The lowest BCUT2D eigenvalue weighted by atomic mass is 10.1. The van der Waals surface area contributed by atoms with Crippen molar-refractivity contribution in [3.63, 3.8) is 0 Å². The molecule has 0 saturated carbocycles. The minimum atomic E-state index is -0.218. The Balaban J connectivity index is 2.71. The average molecular weight is 242 g/mol. The van der Waals surface area contributed by atoms with Crippen molar-refractivity contribution in [2.45, 2.75) is 17.9 Å². The smallest absolute Gasteiger partial charge is 0.123 e. The largest absolute Gasteiger partial charge is 0.324 e. The molecule has 0 fully saturated rings. The van der Waals surface area contributed by atoms with Crippen LogP contribution < -0.4 is 5.73 Å². The van der Waals surface area contributed by atoms with Gasteiger partial charge in [0.25, 0.3) is 0 Å². The summed E-state index contributed by atoms with van der Waals surface area (Å²) in [5.74, 6) is 0.766. The quantitative estimate of drug-likeness (QED) is 0.804. The average Bonchev–Trinajstić information content (AvgIpc) is 2.19. The van der Waals surface area contributed by atoms with E-state index in [1.54, 1.807) is 11.8 Å². The molecule has 2 nitrogen and oxygen atoms in total. The fraction of sp³-hybridized carbons (Fsp3) is 0.500. The van der Waals surface area contributed by atoms with Gasteiger partial charge in [0.1, 0.15) is 5.82 Å². The number of nitrogens with two attached hydrogens (primary N) is 1. The van der Waals surface area contributed by atoms with Gasteiger partial charge in [0.2, 0.25) is 0 Å². The molecular formula is C12H19FN2S. The summed E-state index contributed by atoms with van der Waals surface area (Å²) in [6.45, 7) is 2.88. The van der Waals surface area contributed by atoms with Crippen molar-refractivity contribution in [1.82, 2.24) is 4.90 Å². The van der Waals surface area contributed by atoms with Gasteiger partial charge in [0.05, 0.1) is 0 Å². The van der Waals surface area contributed by atoms with Crippen molar-refractivity contribution in [2.24, 2.45) is 5.73 Å². The molecule has 90 valence electrons. The van der Waals surface area contributed by atoms with Crippen molar-refractivity contribution in [2.75, 3.05) is 26.4 Å². The number of benzene rings is 1. The van der Waals surface area contributed by atoms with Gasteiger partial charge in [-0.1, -0.05) is 0 Å². The second-order valence-electron chi connectivity index (χ2n) is 4.12. The van der Waals surface area contributed by atoms with E-state index in [-0.39, 0.29) is 11.9 Å². The maximum absolute atomic E-state index is 13.1. The molecule has 0 heterocycles. The zero-order chi connectivity index (χ0) is 12.1. The highest BCUT2D eigenvalue weighted by atomic mass is 32.2. The van der Waals surface area contributed by atoms with Crippen LogP contribution in [0.3, 0.4) is 0 Å². The summed E-state index contributed by atoms with van der Waals surface area (Å²) in [4.78, 5) is 3.21. The molecule has 0 spiro atoms. The van der Waals surface area contributed by atoms with Gasteiger partial charge in [0.15, 0.2) is 0 Å². The maximum atomic E-state index is 13.1. The molecular weight excluding hydrogens is 223 g/mol. The highest BCUT2D eigenvalue weighted by Gasteiger charge is 2.08. The molecule has 1 aromatic rings. The highest BCUT2D eigenvalue weighted by Crippen LogP contribution is 2.27. The van der Waals surface area contributed by atoms with Gasteiger partial charge in [-0.3, -0.25) is 0 Å². The summed E-state index contributed by atoms with van der Waals surface area (Å²) in [7, 11) is 4.08. The second-order valence-corrected chi connectivity index (χ2v) is 5.26. The predicted octanol–water partition coefficient (Wildman–Crippen LogP) is 2.50. The zero-order valence-corrected chi connectivity index (χ0v) is 10.9. The molecule has 0 aromatic heterocycles. The van der Waals surface area contributed by atoms with Gasteiger partial charge in [-0.2, -0.15) is 0 Å². The van der Waals surface area contributed by atoms with Gasteiger partial charge < -0.3 is 10.6 Å². The molecule has 1 aromatic carbocycles. The van der Waals surface area contributed by atoms with Crippen LogP contribution in [0.15, 0.2) is 23.1 Å². The van der Waals surface area contributed by atoms with Gasteiger partial charge in [-0.25, -0.2) is 4.39 Å². The molecule has 0 aliphatic carbocycles. The van der Waals surface area contributed by atoms with E-state index < -0.39 is 0 Å². The Labute approximate surface area is 101 Å². The molecule has 0 aliphatic heterocycles. The Morgan fingerprint density at radius 2 is 2.12 bits per heavy atom. The van der Waals surface area contributed by atoms with Crippen LogP contribution in [-0.2, 0) is 0 Å². The molecule has 0 radical (unpaired) electrons. The van der Waals surface area contributed by atoms with Crippen molar-refractivity contribution < 1.29 is 4.39 Å². The first-order chi connectivity index (χ1) is 7.50. The first-order valence-corrected chi connectivity index (χ1v) is 6.32. The van der Waals surface area contributed by atoms with Crippen LogP contribution in [0.1, 0.15) is 18.5 Å². The number of hydrogen-bond donors (Lipinski definition) is 1. The van der Waals surface area contributed by atoms with Crippen LogP contribution in [-0.4, -0.2) is 31.3 Å². The standard InChI is InChI=1S/C12H19FN2S/c1-9(14)11-8-10(13)4-5-12(11)16-7-6-15(2)3/h4-5,8-9H,6-7,14H2,1-3H3/t9-/m1/s1. The molecule has 2 N–H and O–H groups in total. The molecule has 0 bridgehead atoms. The van der Waals surface area contributed by atoms with E-state index in [9.17, 15) is 4.39 Å². The minimum absolute atomic E-state index is 0.127. The first kappa shape index (κ1) is 13.5. The fourth-order valence-electron chi connectivity index (χ4n) is 1.34. The van der Waals surface area contributed by atoms with E-state index in [0.717, 1.165) is 22.8 Å². The SMILES string of the molecule is C[C@@H](N)c1cc(F)ccc1SCCN(C)C. The molecule has 1 rings (SSSR count). The summed E-state index contributed by atoms with van der Waals surface area (Å²) >= 11 is 1.72. The Bertz CT molecular complexity index is 340. The van der Waals surface area contributed by atoms with Crippen LogP contribution in [0, 0.1) is 5.82 Å². The number of halogens is 1. The zero-order valence-electron chi connectivity index (χ0n) is 10.0. The van der Waals surface area contributed by atoms with E-state index in [4.69, 9.17) is 5.73 Å².